The largest absolute Gasteiger partial charge is 0.352 e. The van der Waals surface area contributed by atoms with E-state index in [4.69, 9.17) is 0 Å². The molecule has 8 heteroatoms. The lowest BCUT2D eigenvalue weighted by molar-refractivity contribution is -0.141. The van der Waals surface area contributed by atoms with E-state index >= 15 is 0 Å². The number of benzene rings is 3. The number of carbonyl (C=O) groups is 2. The molecule has 1 N–H and O–H groups in total. The van der Waals surface area contributed by atoms with Crippen LogP contribution in [-0.4, -0.2) is 55.1 Å². The fraction of sp³-hybridized carbons (Fsp3) is 0.419. The summed E-state index contributed by atoms with van der Waals surface area (Å²) in [5.74, 6) is -0.581. The lowest BCUT2D eigenvalue weighted by Gasteiger charge is -2.34. The Morgan fingerprint density at radius 3 is 2.31 bits per heavy atom. The van der Waals surface area contributed by atoms with Crippen LogP contribution in [0.5, 0.6) is 0 Å². The van der Waals surface area contributed by atoms with E-state index in [-0.39, 0.29) is 29.9 Å². The van der Waals surface area contributed by atoms with E-state index in [2.05, 4.69) is 5.32 Å². The van der Waals surface area contributed by atoms with Crippen LogP contribution in [0, 0.1) is 6.92 Å². The van der Waals surface area contributed by atoms with Crippen LogP contribution in [0.25, 0.3) is 10.8 Å². The average molecular weight is 550 g/mol. The van der Waals surface area contributed by atoms with E-state index in [1.54, 1.807) is 23.1 Å². The van der Waals surface area contributed by atoms with Gasteiger partial charge in [-0.25, -0.2) is 8.42 Å². The summed E-state index contributed by atoms with van der Waals surface area (Å²) >= 11 is 0. The molecule has 1 saturated carbocycles. The van der Waals surface area contributed by atoms with Crippen LogP contribution in [0.15, 0.2) is 71.6 Å². The van der Waals surface area contributed by atoms with Crippen molar-refractivity contribution >= 4 is 32.6 Å². The molecule has 1 fully saturated rings. The fourth-order valence-corrected chi connectivity index (χ4v) is 6.47. The Bertz CT molecular complexity index is 1420. The highest BCUT2D eigenvalue weighted by atomic mass is 32.2. The van der Waals surface area contributed by atoms with Gasteiger partial charge in [-0.2, -0.15) is 4.31 Å². The third kappa shape index (κ3) is 6.86. The van der Waals surface area contributed by atoms with Crippen LogP contribution in [0.4, 0.5) is 0 Å². The smallest absolute Gasteiger partial charge is 0.243 e. The van der Waals surface area contributed by atoms with Gasteiger partial charge < -0.3 is 10.2 Å². The molecular formula is C31H39N3O4S. The third-order valence-electron chi connectivity index (χ3n) is 7.73. The van der Waals surface area contributed by atoms with Gasteiger partial charge in [0.1, 0.15) is 6.04 Å². The number of hydrogen-bond acceptors (Lipinski definition) is 4. The number of sulfonamides is 1. The first-order valence-corrected chi connectivity index (χ1v) is 15.2. The number of amides is 2. The standard InChI is InChI=1S/C31H39N3O4S/c1-4-29(31(36)32-27-16-6-5-7-17-27)34(21-26-15-9-8-12-23(26)2)30(35)22-33(3)39(37,38)28-19-18-24-13-10-11-14-25(24)20-28/h8-15,18-20,27,29H,4-7,16-17,21-22H2,1-3H3,(H,32,36). The minimum atomic E-state index is -3.93. The Morgan fingerprint density at radius 1 is 0.949 bits per heavy atom. The van der Waals surface area contributed by atoms with Gasteiger partial charge in [0.25, 0.3) is 0 Å². The number of rotatable bonds is 10. The summed E-state index contributed by atoms with van der Waals surface area (Å²) in [4.78, 5) is 28.9. The van der Waals surface area contributed by atoms with Gasteiger partial charge >= 0.3 is 0 Å². The van der Waals surface area contributed by atoms with Crippen LogP contribution in [-0.2, 0) is 26.2 Å². The molecule has 3 aromatic rings. The van der Waals surface area contributed by atoms with E-state index in [1.165, 1.54) is 13.5 Å². The Hall–Kier alpha value is -3.23. The van der Waals surface area contributed by atoms with Crippen molar-refractivity contribution in [3.05, 3.63) is 77.9 Å². The Kier molecular flexibility index (Phi) is 9.40. The maximum atomic E-state index is 13.8. The first kappa shape index (κ1) is 28.8. The van der Waals surface area contributed by atoms with Gasteiger partial charge in [0.05, 0.1) is 11.4 Å². The molecule has 1 aliphatic rings. The molecule has 0 spiro atoms. The molecule has 39 heavy (non-hydrogen) atoms. The van der Waals surface area contributed by atoms with E-state index in [1.807, 2.05) is 62.4 Å². The number of nitrogens with zero attached hydrogens (tertiary/aromatic N) is 2. The number of hydrogen-bond donors (Lipinski definition) is 1. The molecule has 0 heterocycles. The van der Waals surface area contributed by atoms with Gasteiger partial charge in [-0.05, 0) is 60.2 Å². The maximum Gasteiger partial charge on any atom is 0.243 e. The highest BCUT2D eigenvalue weighted by Crippen LogP contribution is 2.23. The number of likely N-dealkylation sites (N-methyl/N-ethyl adjacent to an activating group) is 1. The topological polar surface area (TPSA) is 86.8 Å². The second-order valence-electron chi connectivity index (χ2n) is 10.5. The fourth-order valence-electron chi connectivity index (χ4n) is 5.31. The molecule has 0 aliphatic heterocycles. The quantitative estimate of drug-likeness (QED) is 0.385. The van der Waals surface area contributed by atoms with Crippen molar-refractivity contribution in [1.29, 1.82) is 0 Å². The zero-order valence-corrected chi connectivity index (χ0v) is 23.9. The molecule has 1 unspecified atom stereocenters. The van der Waals surface area contributed by atoms with Gasteiger partial charge in [0.15, 0.2) is 0 Å². The summed E-state index contributed by atoms with van der Waals surface area (Å²) in [6.07, 6.45) is 5.67. The molecular weight excluding hydrogens is 510 g/mol. The van der Waals surface area contributed by atoms with Gasteiger partial charge in [-0.1, -0.05) is 80.8 Å². The average Bonchev–Trinajstić information content (AvgIpc) is 2.94. The number of nitrogens with one attached hydrogen (secondary N) is 1. The van der Waals surface area contributed by atoms with Crippen molar-refractivity contribution in [2.75, 3.05) is 13.6 Å². The molecule has 0 bridgehead atoms. The van der Waals surface area contributed by atoms with Crippen LogP contribution in [0.1, 0.15) is 56.6 Å². The number of carbonyl (C=O) groups excluding carboxylic acids is 2. The molecule has 3 aromatic carbocycles. The monoisotopic (exact) mass is 549 g/mol. The van der Waals surface area contributed by atoms with E-state index in [9.17, 15) is 18.0 Å². The third-order valence-corrected chi connectivity index (χ3v) is 9.53. The van der Waals surface area contributed by atoms with Crippen molar-refractivity contribution in [3.8, 4) is 0 Å². The minimum Gasteiger partial charge on any atom is -0.352 e. The van der Waals surface area contributed by atoms with Gasteiger partial charge in [-0.15, -0.1) is 0 Å². The molecule has 208 valence electrons. The Labute approximate surface area is 232 Å². The van der Waals surface area contributed by atoms with E-state index in [0.29, 0.717) is 6.42 Å². The van der Waals surface area contributed by atoms with Crippen molar-refractivity contribution in [1.82, 2.24) is 14.5 Å². The highest BCUT2D eigenvalue weighted by Gasteiger charge is 2.33. The van der Waals surface area contributed by atoms with Crippen molar-refractivity contribution < 1.29 is 18.0 Å². The predicted molar refractivity (Wildman–Crippen MR) is 155 cm³/mol. The van der Waals surface area contributed by atoms with Gasteiger partial charge in [-0.3, -0.25) is 9.59 Å². The molecule has 0 saturated heterocycles. The van der Waals surface area contributed by atoms with Crippen LogP contribution in [0.2, 0.25) is 0 Å². The number of fused-ring (bicyclic) bond motifs is 1. The van der Waals surface area contributed by atoms with Crippen molar-refractivity contribution in [3.63, 3.8) is 0 Å². The molecule has 7 nitrogen and oxygen atoms in total. The zero-order chi connectivity index (χ0) is 28.0. The van der Waals surface area contributed by atoms with Crippen molar-refractivity contribution in [2.24, 2.45) is 0 Å². The SMILES string of the molecule is CCC(C(=O)NC1CCCCC1)N(Cc1ccccc1C)C(=O)CN(C)S(=O)(=O)c1ccc2ccccc2c1. The van der Waals surface area contributed by atoms with Crippen molar-refractivity contribution in [2.45, 2.75) is 75.9 Å². The molecule has 2 amide bonds. The second kappa shape index (κ2) is 12.7. The Morgan fingerprint density at radius 2 is 1.62 bits per heavy atom. The molecule has 4 rings (SSSR count). The predicted octanol–water partition coefficient (Wildman–Crippen LogP) is 5.03. The van der Waals surface area contributed by atoms with Crippen LogP contribution >= 0.6 is 0 Å². The van der Waals surface area contributed by atoms with Crippen LogP contribution in [0.3, 0.4) is 0 Å². The summed E-state index contributed by atoms with van der Waals surface area (Å²) in [6, 6.07) is 19.7. The zero-order valence-electron chi connectivity index (χ0n) is 23.1. The number of aryl methyl sites for hydroxylation is 1. The highest BCUT2D eigenvalue weighted by molar-refractivity contribution is 7.89. The summed E-state index contributed by atoms with van der Waals surface area (Å²) < 4.78 is 28.0. The van der Waals surface area contributed by atoms with Crippen LogP contribution < -0.4 is 5.32 Å². The maximum absolute atomic E-state index is 13.8. The lowest BCUT2D eigenvalue weighted by atomic mass is 9.95. The molecule has 0 radical (unpaired) electrons. The summed E-state index contributed by atoms with van der Waals surface area (Å²) in [6.45, 7) is 3.72. The Balaban J connectivity index is 1.58. The normalized spacial score (nSPS) is 15.3. The first-order valence-electron chi connectivity index (χ1n) is 13.8. The van der Waals surface area contributed by atoms with Gasteiger partial charge in [0, 0.05) is 19.6 Å². The first-order chi connectivity index (χ1) is 18.7. The minimum absolute atomic E-state index is 0.117. The second-order valence-corrected chi connectivity index (χ2v) is 12.5. The van der Waals surface area contributed by atoms with E-state index < -0.39 is 22.0 Å². The van der Waals surface area contributed by atoms with E-state index in [0.717, 1.165) is 51.9 Å². The summed E-state index contributed by atoms with van der Waals surface area (Å²) in [7, 11) is -2.52. The molecule has 1 atom stereocenters. The summed E-state index contributed by atoms with van der Waals surface area (Å²) in [5.41, 5.74) is 1.93. The lowest BCUT2D eigenvalue weighted by Crippen LogP contribution is -2.53. The summed E-state index contributed by atoms with van der Waals surface area (Å²) in [5, 5.41) is 4.92. The van der Waals surface area contributed by atoms with Gasteiger partial charge in [0.2, 0.25) is 21.8 Å². The molecule has 1 aliphatic carbocycles. The molecule has 0 aromatic heterocycles.